The molecule has 0 aliphatic heterocycles. The first-order valence-corrected chi connectivity index (χ1v) is 11.4. The van der Waals surface area contributed by atoms with Crippen molar-refractivity contribution < 1.29 is 14.3 Å². The third-order valence-electron chi connectivity index (χ3n) is 4.73. The summed E-state index contributed by atoms with van der Waals surface area (Å²) in [6.07, 6.45) is 3.18. The number of hydrogen-bond acceptors (Lipinski definition) is 5. The van der Waals surface area contributed by atoms with Crippen LogP contribution < -0.4 is 14.8 Å². The molecule has 3 aromatic carbocycles. The highest BCUT2D eigenvalue weighted by atomic mass is 35.5. The van der Waals surface area contributed by atoms with Gasteiger partial charge in [0.2, 0.25) is 5.91 Å². The first kappa shape index (κ1) is 22.6. The minimum absolute atomic E-state index is 0.268. The maximum atomic E-state index is 12.4. The fourth-order valence-corrected chi connectivity index (χ4v) is 3.89. The van der Waals surface area contributed by atoms with Crippen LogP contribution in [0.2, 0.25) is 5.02 Å². The van der Waals surface area contributed by atoms with Gasteiger partial charge >= 0.3 is 0 Å². The van der Waals surface area contributed by atoms with Gasteiger partial charge in [-0.15, -0.1) is 11.3 Å². The van der Waals surface area contributed by atoms with Gasteiger partial charge in [-0.05, 0) is 41.5 Å². The van der Waals surface area contributed by atoms with Crippen molar-refractivity contribution in [2.75, 3.05) is 12.4 Å². The van der Waals surface area contributed by atoms with Crippen LogP contribution in [0.3, 0.4) is 0 Å². The molecule has 0 atom stereocenters. The van der Waals surface area contributed by atoms with E-state index in [-0.39, 0.29) is 5.91 Å². The van der Waals surface area contributed by atoms with Crippen molar-refractivity contribution in [3.63, 3.8) is 0 Å². The van der Waals surface area contributed by atoms with Crippen molar-refractivity contribution >= 4 is 40.1 Å². The molecule has 0 fully saturated rings. The molecule has 1 N–H and O–H groups in total. The molecule has 0 bridgehead atoms. The summed E-state index contributed by atoms with van der Waals surface area (Å²) in [5.41, 5.74) is 3.61. The van der Waals surface area contributed by atoms with Gasteiger partial charge in [0.15, 0.2) is 16.6 Å². The summed E-state index contributed by atoms with van der Waals surface area (Å²) in [4.78, 5) is 16.8. The van der Waals surface area contributed by atoms with Crippen LogP contribution in [0.4, 0.5) is 5.13 Å². The van der Waals surface area contributed by atoms with Gasteiger partial charge in [0, 0.05) is 22.0 Å². The molecule has 0 aliphatic carbocycles. The number of carbonyl (C=O) groups is 1. The Morgan fingerprint density at radius 3 is 2.61 bits per heavy atom. The van der Waals surface area contributed by atoms with Crippen LogP contribution in [0.5, 0.6) is 11.5 Å². The Balaban J connectivity index is 1.37. The number of benzene rings is 3. The van der Waals surface area contributed by atoms with Crippen molar-refractivity contribution in [3.05, 3.63) is 100 Å². The van der Waals surface area contributed by atoms with Crippen molar-refractivity contribution in [1.29, 1.82) is 0 Å². The molecule has 1 aromatic heterocycles. The highest BCUT2D eigenvalue weighted by Gasteiger charge is 2.08. The average Bonchev–Trinajstić information content (AvgIpc) is 3.31. The molecule has 0 unspecified atom stereocenters. The van der Waals surface area contributed by atoms with E-state index in [0.717, 1.165) is 22.4 Å². The smallest absolute Gasteiger partial charge is 0.250 e. The van der Waals surface area contributed by atoms with Crippen molar-refractivity contribution in [2.45, 2.75) is 6.61 Å². The number of hydrogen-bond donors (Lipinski definition) is 1. The third-order valence-corrected chi connectivity index (χ3v) is 5.74. The molecular formula is C26H21ClN2O3S. The van der Waals surface area contributed by atoms with Gasteiger partial charge < -0.3 is 9.47 Å². The second-order valence-electron chi connectivity index (χ2n) is 7.05. The van der Waals surface area contributed by atoms with E-state index in [4.69, 9.17) is 21.1 Å². The molecular weight excluding hydrogens is 456 g/mol. The van der Waals surface area contributed by atoms with Crippen LogP contribution >= 0.6 is 22.9 Å². The SMILES string of the molecule is COc1cc(C=CC(=O)Nc2nc(-c3ccc(Cl)cc3)cs2)ccc1OCc1ccccc1. The van der Waals surface area contributed by atoms with Gasteiger partial charge in [-0.25, -0.2) is 4.98 Å². The minimum atomic E-state index is -0.268. The molecule has 33 heavy (non-hydrogen) atoms. The van der Waals surface area contributed by atoms with Gasteiger partial charge in [-0.2, -0.15) is 0 Å². The van der Waals surface area contributed by atoms with Gasteiger partial charge in [0.25, 0.3) is 0 Å². The van der Waals surface area contributed by atoms with Gasteiger partial charge in [0.1, 0.15) is 6.61 Å². The molecule has 4 rings (SSSR count). The summed E-state index contributed by atoms with van der Waals surface area (Å²) in [6.45, 7) is 0.445. The Labute approximate surface area is 201 Å². The van der Waals surface area contributed by atoms with Gasteiger partial charge in [-0.3, -0.25) is 10.1 Å². The number of methoxy groups -OCH3 is 1. The van der Waals surface area contributed by atoms with E-state index in [2.05, 4.69) is 10.3 Å². The Kier molecular flexibility index (Phi) is 7.40. The number of nitrogens with one attached hydrogen (secondary N) is 1. The zero-order valence-corrected chi connectivity index (χ0v) is 19.4. The van der Waals surface area contributed by atoms with Crippen LogP contribution in [0.15, 0.2) is 84.3 Å². The molecule has 1 heterocycles. The highest BCUT2D eigenvalue weighted by Crippen LogP contribution is 2.29. The number of carbonyl (C=O) groups excluding carboxylic acids is 1. The number of thiazole rings is 1. The van der Waals surface area contributed by atoms with E-state index in [9.17, 15) is 4.79 Å². The molecule has 0 aliphatic rings. The second-order valence-corrected chi connectivity index (χ2v) is 8.35. The van der Waals surface area contributed by atoms with Crippen LogP contribution in [-0.2, 0) is 11.4 Å². The van der Waals surface area contributed by atoms with E-state index in [1.807, 2.05) is 78.2 Å². The molecule has 5 nitrogen and oxygen atoms in total. The zero-order valence-electron chi connectivity index (χ0n) is 17.8. The molecule has 1 amide bonds. The van der Waals surface area contributed by atoms with E-state index in [1.165, 1.54) is 17.4 Å². The molecule has 4 aromatic rings. The molecule has 0 saturated heterocycles. The summed E-state index contributed by atoms with van der Waals surface area (Å²) >= 11 is 7.29. The predicted molar refractivity (Wildman–Crippen MR) is 134 cm³/mol. The fourth-order valence-electron chi connectivity index (χ4n) is 3.05. The van der Waals surface area contributed by atoms with Gasteiger partial charge in [-0.1, -0.05) is 60.1 Å². The average molecular weight is 477 g/mol. The van der Waals surface area contributed by atoms with E-state index < -0.39 is 0 Å². The molecule has 166 valence electrons. The van der Waals surface area contributed by atoms with Crippen molar-refractivity contribution in [1.82, 2.24) is 4.98 Å². The first-order valence-electron chi connectivity index (χ1n) is 10.2. The van der Waals surface area contributed by atoms with E-state index >= 15 is 0 Å². The lowest BCUT2D eigenvalue weighted by molar-refractivity contribution is -0.111. The largest absolute Gasteiger partial charge is 0.493 e. The number of amides is 1. The third kappa shape index (κ3) is 6.22. The summed E-state index contributed by atoms with van der Waals surface area (Å²) < 4.78 is 11.3. The van der Waals surface area contributed by atoms with Gasteiger partial charge in [0.05, 0.1) is 12.8 Å². The maximum Gasteiger partial charge on any atom is 0.250 e. The van der Waals surface area contributed by atoms with Crippen molar-refractivity contribution in [3.8, 4) is 22.8 Å². The molecule has 0 radical (unpaired) electrons. The normalized spacial score (nSPS) is 10.8. The molecule has 0 spiro atoms. The van der Waals surface area contributed by atoms with Crippen LogP contribution in [0, 0.1) is 0 Å². The Bertz CT molecular complexity index is 1250. The first-order chi connectivity index (χ1) is 16.1. The van der Waals surface area contributed by atoms with Crippen molar-refractivity contribution in [2.24, 2.45) is 0 Å². The Morgan fingerprint density at radius 1 is 1.06 bits per heavy atom. The summed E-state index contributed by atoms with van der Waals surface area (Å²) in [7, 11) is 1.59. The summed E-state index contributed by atoms with van der Waals surface area (Å²) in [5, 5.41) is 5.87. The number of nitrogens with zero attached hydrogens (tertiary/aromatic N) is 1. The Hall–Kier alpha value is -3.61. The predicted octanol–water partition coefficient (Wildman–Crippen LogP) is 6.70. The summed E-state index contributed by atoms with van der Waals surface area (Å²) in [5.74, 6) is 0.969. The minimum Gasteiger partial charge on any atom is -0.493 e. The number of rotatable bonds is 8. The lowest BCUT2D eigenvalue weighted by Crippen LogP contribution is -2.07. The maximum absolute atomic E-state index is 12.4. The highest BCUT2D eigenvalue weighted by molar-refractivity contribution is 7.14. The number of anilines is 1. The number of aromatic nitrogens is 1. The molecule has 0 saturated carbocycles. The lowest BCUT2D eigenvalue weighted by atomic mass is 10.2. The molecule has 7 heteroatoms. The standard InChI is InChI=1S/C26H21ClN2O3S/c1-31-24-15-18(7-13-23(24)32-16-19-5-3-2-4-6-19)8-14-25(30)29-26-28-22(17-33-26)20-9-11-21(27)12-10-20/h2-15,17H,16H2,1H3,(H,28,29,30). The quantitative estimate of drug-likeness (QED) is 0.287. The number of ether oxygens (including phenoxy) is 2. The summed E-state index contributed by atoms with van der Waals surface area (Å²) in [6, 6.07) is 22.8. The monoisotopic (exact) mass is 476 g/mol. The second kappa shape index (κ2) is 10.8. The Morgan fingerprint density at radius 2 is 1.85 bits per heavy atom. The fraction of sp³-hybridized carbons (Fsp3) is 0.0769. The zero-order chi connectivity index (χ0) is 23.0. The topological polar surface area (TPSA) is 60.5 Å². The van der Waals surface area contributed by atoms with E-state index in [0.29, 0.717) is 28.3 Å². The van der Waals surface area contributed by atoms with Crippen LogP contribution in [0.1, 0.15) is 11.1 Å². The van der Waals surface area contributed by atoms with Crippen LogP contribution in [-0.4, -0.2) is 18.0 Å². The van der Waals surface area contributed by atoms with E-state index in [1.54, 1.807) is 13.2 Å². The lowest BCUT2D eigenvalue weighted by Gasteiger charge is -2.11. The van der Waals surface area contributed by atoms with Crippen LogP contribution in [0.25, 0.3) is 17.3 Å². The number of halogens is 1.